The van der Waals surface area contributed by atoms with E-state index in [0.29, 0.717) is 5.69 Å². The van der Waals surface area contributed by atoms with Crippen LogP contribution in [0.25, 0.3) is 10.9 Å². The van der Waals surface area contributed by atoms with Gasteiger partial charge >= 0.3 is 6.09 Å². The van der Waals surface area contributed by atoms with E-state index in [1.807, 2.05) is 85.8 Å². The lowest BCUT2D eigenvalue weighted by Crippen LogP contribution is -2.47. The van der Waals surface area contributed by atoms with Gasteiger partial charge in [0.2, 0.25) is 0 Å². The molecule has 1 saturated heterocycles. The van der Waals surface area contributed by atoms with Gasteiger partial charge in [-0.05, 0) is 66.4 Å². The molecule has 1 aliphatic heterocycles. The van der Waals surface area contributed by atoms with Crippen molar-refractivity contribution in [1.29, 1.82) is 0 Å². The highest BCUT2D eigenvalue weighted by Gasteiger charge is 2.28. The van der Waals surface area contributed by atoms with E-state index >= 15 is 0 Å². The topological polar surface area (TPSA) is 59.9 Å². The molecule has 0 atom stereocenters. The van der Waals surface area contributed by atoms with Crippen LogP contribution in [0.4, 0.5) is 16.2 Å². The molecule has 1 fully saturated rings. The lowest BCUT2D eigenvalue weighted by Gasteiger charge is -2.36. The Morgan fingerprint density at radius 3 is 2.14 bits per heavy atom. The SMILES string of the molecule is Cc1ccc2c(N3CCN(CCc4cccc(N(C(=O)O)C(c5ccccc5)c5ccccc5)c4)CC3)cccc2n1. The van der Waals surface area contributed by atoms with Gasteiger partial charge in [-0.3, -0.25) is 14.8 Å². The molecule has 0 saturated carbocycles. The van der Waals surface area contributed by atoms with Crippen LogP contribution in [0, 0.1) is 6.92 Å². The Balaban J connectivity index is 1.15. The van der Waals surface area contributed by atoms with E-state index < -0.39 is 12.1 Å². The fourth-order valence-corrected chi connectivity index (χ4v) is 6.01. The van der Waals surface area contributed by atoms with Crippen molar-refractivity contribution in [3.63, 3.8) is 0 Å². The van der Waals surface area contributed by atoms with Gasteiger partial charge in [0.15, 0.2) is 0 Å². The van der Waals surface area contributed by atoms with Gasteiger partial charge in [0.25, 0.3) is 0 Å². The maximum absolute atomic E-state index is 12.8. The Morgan fingerprint density at radius 1 is 0.810 bits per heavy atom. The minimum Gasteiger partial charge on any atom is -0.465 e. The largest absolute Gasteiger partial charge is 0.465 e. The molecule has 0 spiro atoms. The van der Waals surface area contributed by atoms with Crippen LogP contribution >= 0.6 is 0 Å². The average molecular weight is 557 g/mol. The number of aryl methyl sites for hydroxylation is 1. The van der Waals surface area contributed by atoms with Gasteiger partial charge in [-0.2, -0.15) is 0 Å². The zero-order chi connectivity index (χ0) is 28.9. The first-order valence-corrected chi connectivity index (χ1v) is 14.6. The van der Waals surface area contributed by atoms with E-state index in [9.17, 15) is 9.90 Å². The van der Waals surface area contributed by atoms with Crippen LogP contribution in [-0.4, -0.2) is 53.8 Å². The van der Waals surface area contributed by atoms with E-state index in [2.05, 4.69) is 46.2 Å². The Kier molecular flexibility index (Phi) is 8.15. The standard InChI is InChI=1S/C36H36N4O2/c1-27-18-19-32-33(37-27)16-9-17-34(32)39-24-22-38(23-25-39)21-20-28-10-8-15-31(26-28)40(36(41)42)35(29-11-4-2-5-12-29)30-13-6-3-7-14-30/h2-19,26,35H,20-25H2,1H3,(H,41,42). The van der Waals surface area contributed by atoms with Crippen LogP contribution in [-0.2, 0) is 6.42 Å². The summed E-state index contributed by atoms with van der Waals surface area (Å²) >= 11 is 0. The molecule has 42 heavy (non-hydrogen) atoms. The molecular formula is C36H36N4O2. The van der Waals surface area contributed by atoms with Crippen molar-refractivity contribution in [2.45, 2.75) is 19.4 Å². The number of nitrogens with zero attached hydrogens (tertiary/aromatic N) is 4. The second-order valence-corrected chi connectivity index (χ2v) is 10.9. The van der Waals surface area contributed by atoms with Gasteiger partial charge in [-0.1, -0.05) is 78.9 Å². The highest BCUT2D eigenvalue weighted by molar-refractivity contribution is 5.92. The summed E-state index contributed by atoms with van der Waals surface area (Å²) in [5.74, 6) is 0. The highest BCUT2D eigenvalue weighted by atomic mass is 16.4. The highest BCUT2D eigenvalue weighted by Crippen LogP contribution is 2.34. The Labute approximate surface area is 247 Å². The van der Waals surface area contributed by atoms with Crippen molar-refractivity contribution in [1.82, 2.24) is 9.88 Å². The van der Waals surface area contributed by atoms with Crippen LogP contribution in [0.15, 0.2) is 115 Å². The van der Waals surface area contributed by atoms with Gasteiger partial charge in [-0.25, -0.2) is 4.79 Å². The summed E-state index contributed by atoms with van der Waals surface area (Å²) < 4.78 is 0. The fraction of sp³-hybridized carbons (Fsp3) is 0.222. The number of amides is 1. The lowest BCUT2D eigenvalue weighted by molar-refractivity contribution is 0.200. The third-order valence-electron chi connectivity index (χ3n) is 8.16. The number of hydrogen-bond donors (Lipinski definition) is 1. The second-order valence-electron chi connectivity index (χ2n) is 10.9. The molecule has 0 radical (unpaired) electrons. The van der Waals surface area contributed by atoms with Crippen molar-refractivity contribution < 1.29 is 9.90 Å². The van der Waals surface area contributed by atoms with Gasteiger partial charge in [0.05, 0.1) is 11.6 Å². The molecule has 6 heteroatoms. The number of benzene rings is 4. The third kappa shape index (κ3) is 5.99. The zero-order valence-electron chi connectivity index (χ0n) is 23.9. The molecule has 1 aromatic heterocycles. The first kappa shape index (κ1) is 27.5. The van der Waals surface area contributed by atoms with Crippen LogP contribution in [0.2, 0.25) is 0 Å². The Morgan fingerprint density at radius 2 is 1.48 bits per heavy atom. The number of pyridine rings is 1. The molecule has 0 aliphatic carbocycles. The van der Waals surface area contributed by atoms with Gasteiger partial charge in [-0.15, -0.1) is 0 Å². The van der Waals surface area contributed by atoms with Crippen LogP contribution < -0.4 is 9.80 Å². The fourth-order valence-electron chi connectivity index (χ4n) is 6.01. The molecule has 1 amide bonds. The molecular weight excluding hydrogens is 520 g/mol. The number of aromatic nitrogens is 1. The molecule has 6 rings (SSSR count). The molecule has 6 nitrogen and oxygen atoms in total. The number of rotatable bonds is 8. The van der Waals surface area contributed by atoms with Crippen molar-refractivity contribution in [2.75, 3.05) is 42.5 Å². The molecule has 4 aromatic carbocycles. The van der Waals surface area contributed by atoms with Crippen molar-refractivity contribution >= 4 is 28.4 Å². The first-order valence-electron chi connectivity index (χ1n) is 14.6. The molecule has 0 unspecified atom stereocenters. The van der Waals surface area contributed by atoms with E-state index in [-0.39, 0.29) is 0 Å². The predicted octanol–water partition coefficient (Wildman–Crippen LogP) is 7.18. The van der Waals surface area contributed by atoms with Gasteiger partial charge in [0, 0.05) is 55.2 Å². The van der Waals surface area contributed by atoms with Crippen LogP contribution in [0.5, 0.6) is 0 Å². The third-order valence-corrected chi connectivity index (χ3v) is 8.16. The number of carbonyl (C=O) groups is 1. The summed E-state index contributed by atoms with van der Waals surface area (Å²) in [6, 6.07) is 37.9. The average Bonchev–Trinajstić information content (AvgIpc) is 3.03. The van der Waals surface area contributed by atoms with Gasteiger partial charge in [0.1, 0.15) is 0 Å². The van der Waals surface area contributed by atoms with E-state index in [4.69, 9.17) is 4.98 Å². The summed E-state index contributed by atoms with van der Waals surface area (Å²) in [5, 5.41) is 11.7. The molecule has 5 aromatic rings. The summed E-state index contributed by atoms with van der Waals surface area (Å²) in [4.78, 5) is 23.9. The summed E-state index contributed by atoms with van der Waals surface area (Å²) in [6.45, 7) is 6.87. The normalized spacial score (nSPS) is 13.9. The summed E-state index contributed by atoms with van der Waals surface area (Å²) in [6.07, 6.45) is -0.111. The number of carboxylic acid groups (broad SMARTS) is 1. The second kappa shape index (κ2) is 12.5. The van der Waals surface area contributed by atoms with Crippen molar-refractivity contribution in [2.24, 2.45) is 0 Å². The summed E-state index contributed by atoms with van der Waals surface area (Å²) in [5.41, 5.74) is 7.03. The van der Waals surface area contributed by atoms with Crippen molar-refractivity contribution in [3.8, 4) is 0 Å². The Hall–Kier alpha value is -4.68. The molecule has 1 N–H and O–H groups in total. The molecule has 1 aliphatic rings. The number of fused-ring (bicyclic) bond motifs is 1. The van der Waals surface area contributed by atoms with E-state index in [1.54, 1.807) is 0 Å². The van der Waals surface area contributed by atoms with Gasteiger partial charge < -0.3 is 10.0 Å². The minimum atomic E-state index is -0.972. The maximum Gasteiger partial charge on any atom is 0.412 e. The van der Waals surface area contributed by atoms with E-state index in [0.717, 1.165) is 67.0 Å². The lowest BCUT2D eigenvalue weighted by atomic mass is 9.96. The maximum atomic E-state index is 12.8. The summed E-state index contributed by atoms with van der Waals surface area (Å²) in [7, 11) is 0. The van der Waals surface area contributed by atoms with Crippen molar-refractivity contribution in [3.05, 3.63) is 138 Å². The Bertz CT molecular complexity index is 1610. The zero-order valence-corrected chi connectivity index (χ0v) is 23.9. The van der Waals surface area contributed by atoms with Crippen LogP contribution in [0.1, 0.15) is 28.4 Å². The predicted molar refractivity (Wildman–Crippen MR) is 171 cm³/mol. The molecule has 212 valence electrons. The quantitative estimate of drug-likeness (QED) is 0.219. The van der Waals surface area contributed by atoms with E-state index in [1.165, 1.54) is 16.0 Å². The number of hydrogen-bond acceptors (Lipinski definition) is 4. The molecule has 2 heterocycles. The van der Waals surface area contributed by atoms with Crippen LogP contribution in [0.3, 0.4) is 0 Å². The number of piperazine rings is 1. The molecule has 0 bridgehead atoms. The minimum absolute atomic E-state index is 0.443. The first-order chi connectivity index (χ1) is 20.6. The smallest absolute Gasteiger partial charge is 0.412 e. The number of anilines is 2. The monoisotopic (exact) mass is 556 g/mol.